The Hall–Kier alpha value is -4.59. The number of carboxylic acids is 2. The van der Waals surface area contributed by atoms with Gasteiger partial charge in [0.2, 0.25) is 0 Å². The van der Waals surface area contributed by atoms with Crippen molar-refractivity contribution in [2.24, 2.45) is 22.6 Å². The average molecular weight is 569 g/mol. The number of hydrogen-bond donors (Lipinski definition) is 5. The second kappa shape index (κ2) is 11.7. The van der Waals surface area contributed by atoms with Crippen LogP contribution in [0.25, 0.3) is 29.9 Å². The lowest BCUT2D eigenvalue weighted by Gasteiger charge is -2.18. The van der Waals surface area contributed by atoms with Gasteiger partial charge in [-0.3, -0.25) is 9.79 Å². The highest BCUT2D eigenvalue weighted by Gasteiger charge is 2.34. The predicted molar refractivity (Wildman–Crippen MR) is 170 cm³/mol. The first-order chi connectivity index (χ1) is 19.8. The van der Waals surface area contributed by atoms with Crippen molar-refractivity contribution >= 4 is 47.5 Å². The number of H-pyrrole nitrogens is 2. The molecule has 6 bridgehead atoms. The van der Waals surface area contributed by atoms with E-state index in [1.165, 1.54) is 0 Å². The maximum atomic E-state index is 12.5. The van der Waals surface area contributed by atoms with Gasteiger partial charge < -0.3 is 25.9 Å². The van der Waals surface area contributed by atoms with Crippen LogP contribution in [-0.4, -0.2) is 37.8 Å². The van der Waals surface area contributed by atoms with Gasteiger partial charge in [-0.2, -0.15) is 0 Å². The van der Waals surface area contributed by atoms with E-state index in [0.717, 1.165) is 44.9 Å². The molecule has 8 heteroatoms. The number of aromatic nitrogens is 2. The average Bonchev–Trinajstić information content (AvgIpc) is 3.52. The Morgan fingerprint density at radius 3 is 2.33 bits per heavy atom. The molecule has 4 heterocycles. The van der Waals surface area contributed by atoms with Crippen molar-refractivity contribution in [1.29, 1.82) is 0 Å². The van der Waals surface area contributed by atoms with Gasteiger partial charge in [0.15, 0.2) is 0 Å². The summed E-state index contributed by atoms with van der Waals surface area (Å²) in [6.07, 6.45) is 8.59. The zero-order valence-corrected chi connectivity index (χ0v) is 25.2. The summed E-state index contributed by atoms with van der Waals surface area (Å²) in [5.74, 6) is -2.24. The Morgan fingerprint density at radius 2 is 1.74 bits per heavy atom. The molecule has 2 aliphatic rings. The van der Waals surface area contributed by atoms with E-state index in [1.54, 1.807) is 13.0 Å². The van der Waals surface area contributed by atoms with Crippen LogP contribution in [0.2, 0.25) is 0 Å². The summed E-state index contributed by atoms with van der Waals surface area (Å²) in [7, 11) is 0. The molecule has 0 aliphatic carbocycles. The molecule has 0 unspecified atom stereocenters. The molecule has 0 fully saturated rings. The highest BCUT2D eigenvalue weighted by atomic mass is 16.4. The summed E-state index contributed by atoms with van der Waals surface area (Å²) in [6, 6.07) is 0. The Bertz CT molecular complexity index is 1770. The molecule has 2 aromatic heterocycles. The summed E-state index contributed by atoms with van der Waals surface area (Å²) in [5, 5.41) is 20.8. The van der Waals surface area contributed by atoms with Crippen molar-refractivity contribution in [3.05, 3.63) is 85.6 Å². The molecule has 2 aliphatic heterocycles. The van der Waals surface area contributed by atoms with E-state index in [-0.39, 0.29) is 23.8 Å². The topological polar surface area (TPSA) is 145 Å². The number of allylic oxidation sites excluding steroid dienone is 4. The van der Waals surface area contributed by atoms with Crippen LogP contribution in [0.4, 0.5) is 0 Å². The number of aliphatic imine (C=N–C) groups is 1. The van der Waals surface area contributed by atoms with Crippen LogP contribution in [0.5, 0.6) is 0 Å². The second-order valence-corrected chi connectivity index (χ2v) is 11.2. The summed E-state index contributed by atoms with van der Waals surface area (Å²) < 4.78 is 0. The minimum atomic E-state index is -1.05. The molecule has 2 atom stereocenters. The van der Waals surface area contributed by atoms with E-state index in [2.05, 4.69) is 23.1 Å². The highest BCUT2D eigenvalue weighted by molar-refractivity contribution is 6.21. The molecule has 0 spiro atoms. The number of carbonyl (C=O) groups is 2. The number of rotatable bonds is 6. The third-order valence-corrected chi connectivity index (χ3v) is 8.71. The molecule has 42 heavy (non-hydrogen) atoms. The van der Waals surface area contributed by atoms with Gasteiger partial charge in [-0.05, 0) is 92.2 Å². The third-order valence-electron chi connectivity index (χ3n) is 8.71. The van der Waals surface area contributed by atoms with E-state index < -0.39 is 11.9 Å². The molecule has 2 aromatic rings. The lowest BCUT2D eigenvalue weighted by molar-refractivity contribution is -0.137. The van der Waals surface area contributed by atoms with Crippen LogP contribution in [0, 0.1) is 25.7 Å². The monoisotopic (exact) mass is 568 g/mol. The number of aliphatic carboxylic acids is 1. The number of aromatic carboxylic acids is 1. The SMILES string of the molecule is C=Cc1c2[nH]c(c1C)/C=C1N=C(/C(C)=c3\[nH]/c(c(C)c3C(=O)O)=C\C(=C)/C(CC)=C(C)\C(N)=C\2)[C@@H](CCC(=O)O)[C@@H]\1C. The fourth-order valence-electron chi connectivity index (χ4n) is 6.15. The van der Waals surface area contributed by atoms with Crippen LogP contribution < -0.4 is 16.4 Å². The molecule has 0 amide bonds. The van der Waals surface area contributed by atoms with Gasteiger partial charge in [0.1, 0.15) is 0 Å². The van der Waals surface area contributed by atoms with Gasteiger partial charge in [-0.1, -0.05) is 33.1 Å². The first kappa shape index (κ1) is 30.4. The zero-order valence-electron chi connectivity index (χ0n) is 25.2. The van der Waals surface area contributed by atoms with Crippen molar-refractivity contribution in [2.75, 3.05) is 0 Å². The quantitative estimate of drug-likeness (QED) is 0.314. The molecule has 0 saturated carbocycles. The number of carboxylic acid groups (broad SMARTS) is 2. The van der Waals surface area contributed by atoms with Crippen molar-refractivity contribution in [2.45, 2.75) is 60.8 Å². The number of aromatic amines is 2. The van der Waals surface area contributed by atoms with Gasteiger partial charge in [0, 0.05) is 57.7 Å². The standard InChI is InChI=1S/C34H40N4O4/c1-9-22-16(3)13-26-20(7)31(34(41)42)33(38-26)21(8)32-24(11-12-30(39)40)19(6)28(37-32)15-27-18(5)23(10-2)29(36-27)14-25(35)17(22)4/h10,13-15,19,24,36,38H,2-3,9,11-12,35H2,1,4-8H3,(H,39,40)(H,41,42)/b22-17-,25-14-,26-13-,28-15-,33-21-/t19-,24-/m0/s1. The van der Waals surface area contributed by atoms with Gasteiger partial charge in [0.05, 0.1) is 10.9 Å². The normalized spacial score (nSPS) is 25.4. The molecule has 220 valence electrons. The number of nitrogens with one attached hydrogen (secondary N) is 2. The van der Waals surface area contributed by atoms with Crippen molar-refractivity contribution < 1.29 is 19.8 Å². The number of nitrogens with two attached hydrogens (primary N) is 1. The van der Waals surface area contributed by atoms with Crippen molar-refractivity contribution in [1.82, 2.24) is 9.97 Å². The smallest absolute Gasteiger partial charge is 0.338 e. The molecule has 0 aromatic carbocycles. The molecule has 0 radical (unpaired) electrons. The molecular weight excluding hydrogens is 528 g/mol. The zero-order chi connectivity index (χ0) is 31.0. The number of nitrogens with zero attached hydrogens (tertiary/aromatic N) is 1. The maximum Gasteiger partial charge on any atom is 0.338 e. The molecule has 4 rings (SSSR count). The van der Waals surface area contributed by atoms with Gasteiger partial charge in [-0.15, -0.1) is 0 Å². The van der Waals surface area contributed by atoms with E-state index in [4.69, 9.17) is 10.7 Å². The summed E-state index contributed by atoms with van der Waals surface area (Å²) in [6.45, 7) is 20.0. The number of fused-ring (bicyclic) bond motifs is 5. The Labute approximate surface area is 246 Å². The Morgan fingerprint density at radius 1 is 1.05 bits per heavy atom. The van der Waals surface area contributed by atoms with E-state index in [0.29, 0.717) is 46.1 Å². The van der Waals surface area contributed by atoms with Gasteiger partial charge in [-0.25, -0.2) is 4.79 Å². The lowest BCUT2D eigenvalue weighted by atomic mass is 9.84. The fraction of sp³-hybridized carbons (Fsp3) is 0.324. The van der Waals surface area contributed by atoms with Crippen molar-refractivity contribution in [3.8, 4) is 0 Å². The lowest BCUT2D eigenvalue weighted by Crippen LogP contribution is -2.26. The van der Waals surface area contributed by atoms with Gasteiger partial charge in [0.25, 0.3) is 0 Å². The highest BCUT2D eigenvalue weighted by Crippen LogP contribution is 2.38. The Balaban J connectivity index is 2.15. The first-order valence-electron chi connectivity index (χ1n) is 14.2. The number of hydrogen-bond acceptors (Lipinski definition) is 4. The summed E-state index contributed by atoms with van der Waals surface area (Å²) in [5.41, 5.74) is 16.3. The van der Waals surface area contributed by atoms with Crippen molar-refractivity contribution in [3.63, 3.8) is 0 Å². The van der Waals surface area contributed by atoms with Crippen LogP contribution in [0.15, 0.2) is 46.3 Å². The minimum Gasteiger partial charge on any atom is -0.481 e. The molecule has 0 saturated heterocycles. The maximum absolute atomic E-state index is 12.5. The van der Waals surface area contributed by atoms with E-state index >= 15 is 0 Å². The minimum absolute atomic E-state index is 0.0230. The van der Waals surface area contributed by atoms with Crippen LogP contribution >= 0.6 is 0 Å². The summed E-state index contributed by atoms with van der Waals surface area (Å²) >= 11 is 0. The van der Waals surface area contributed by atoms with Crippen LogP contribution in [0.3, 0.4) is 0 Å². The largest absolute Gasteiger partial charge is 0.481 e. The summed E-state index contributed by atoms with van der Waals surface area (Å²) in [4.78, 5) is 36.0. The Kier molecular flexibility index (Phi) is 8.48. The second-order valence-electron chi connectivity index (χ2n) is 11.2. The van der Waals surface area contributed by atoms with Gasteiger partial charge >= 0.3 is 11.9 Å². The van der Waals surface area contributed by atoms with E-state index in [1.807, 2.05) is 52.8 Å². The first-order valence-corrected chi connectivity index (χ1v) is 14.2. The molecule has 6 N–H and O–H groups in total. The van der Waals surface area contributed by atoms with Crippen LogP contribution in [0.1, 0.15) is 85.4 Å². The predicted octanol–water partition coefficient (Wildman–Crippen LogP) is 5.46. The molecular formula is C34H40N4O4. The fourth-order valence-corrected chi connectivity index (χ4v) is 6.15. The van der Waals surface area contributed by atoms with Crippen LogP contribution in [-0.2, 0) is 4.79 Å². The molecule has 8 nitrogen and oxygen atoms in total. The van der Waals surface area contributed by atoms with E-state index in [9.17, 15) is 19.8 Å². The third kappa shape index (κ3) is 5.36.